The van der Waals surface area contributed by atoms with E-state index in [4.69, 9.17) is 9.47 Å². The van der Waals surface area contributed by atoms with Crippen molar-refractivity contribution in [3.05, 3.63) is 95.2 Å². The van der Waals surface area contributed by atoms with Crippen molar-refractivity contribution in [2.24, 2.45) is 0 Å². The lowest BCUT2D eigenvalue weighted by Gasteiger charge is -2.27. The number of hydrogen-bond acceptors (Lipinski definition) is 5. The van der Waals surface area contributed by atoms with E-state index in [9.17, 15) is 22.8 Å². The van der Waals surface area contributed by atoms with Gasteiger partial charge in [0, 0.05) is 59.6 Å². The zero-order valence-corrected chi connectivity index (χ0v) is 25.4. The van der Waals surface area contributed by atoms with Crippen molar-refractivity contribution in [3.8, 4) is 16.9 Å². The number of ether oxygens (including phenoxy) is 2. The van der Waals surface area contributed by atoms with E-state index in [1.54, 1.807) is 23.8 Å². The van der Waals surface area contributed by atoms with E-state index in [-0.39, 0.29) is 47.3 Å². The van der Waals surface area contributed by atoms with Crippen LogP contribution in [0.1, 0.15) is 47.2 Å². The number of fused-ring (bicyclic) bond motifs is 2. The highest BCUT2D eigenvalue weighted by molar-refractivity contribution is 6.18. The van der Waals surface area contributed by atoms with Crippen LogP contribution in [0.5, 0.6) is 5.75 Å². The Morgan fingerprint density at radius 1 is 1.04 bits per heavy atom. The second kappa shape index (κ2) is 13.3. The molecule has 2 heterocycles. The van der Waals surface area contributed by atoms with Crippen LogP contribution >= 0.6 is 0 Å². The summed E-state index contributed by atoms with van der Waals surface area (Å²) in [6.45, 7) is 0.637. The number of hydrogen-bond donors (Lipinski definition) is 2. The Morgan fingerprint density at radius 3 is 2.47 bits per heavy atom. The number of benzene rings is 3. The smallest absolute Gasteiger partial charge is 0.417 e. The van der Waals surface area contributed by atoms with E-state index in [0.29, 0.717) is 23.5 Å². The predicted molar refractivity (Wildman–Crippen MR) is 166 cm³/mol. The van der Waals surface area contributed by atoms with Gasteiger partial charge in [-0.2, -0.15) is 13.2 Å². The summed E-state index contributed by atoms with van der Waals surface area (Å²) >= 11 is 0. The highest BCUT2D eigenvalue weighted by Crippen LogP contribution is 2.46. The van der Waals surface area contributed by atoms with Gasteiger partial charge in [-0.05, 0) is 49.9 Å². The Bertz CT molecular complexity index is 1830. The van der Waals surface area contributed by atoms with Crippen LogP contribution in [0.4, 0.5) is 27.6 Å². The van der Waals surface area contributed by atoms with Crippen molar-refractivity contribution in [2.75, 3.05) is 25.6 Å². The van der Waals surface area contributed by atoms with E-state index < -0.39 is 40.8 Å². The molecule has 246 valence electrons. The fraction of sp³-hybridized carbons (Fsp3) is 0.314. The van der Waals surface area contributed by atoms with Gasteiger partial charge in [-0.3, -0.25) is 9.59 Å². The summed E-state index contributed by atoms with van der Waals surface area (Å²) in [5.41, 5.74) is -1.44. The molecular formula is C35H32F5N3O4. The van der Waals surface area contributed by atoms with E-state index in [1.807, 2.05) is 0 Å². The molecule has 1 aliphatic heterocycles. The molecule has 7 nitrogen and oxygen atoms in total. The fourth-order valence-corrected chi connectivity index (χ4v) is 6.39. The molecule has 0 unspecified atom stereocenters. The van der Waals surface area contributed by atoms with Crippen LogP contribution < -0.4 is 15.4 Å². The minimum Gasteiger partial charge on any atom is -0.491 e. The van der Waals surface area contributed by atoms with Gasteiger partial charge >= 0.3 is 6.18 Å². The van der Waals surface area contributed by atoms with Crippen LogP contribution in [-0.2, 0) is 22.3 Å². The Morgan fingerprint density at radius 2 is 1.77 bits per heavy atom. The van der Waals surface area contributed by atoms with E-state index in [2.05, 4.69) is 10.6 Å². The van der Waals surface area contributed by atoms with Crippen molar-refractivity contribution < 1.29 is 41.0 Å². The summed E-state index contributed by atoms with van der Waals surface area (Å²) in [7, 11) is 1.70. The van der Waals surface area contributed by atoms with Crippen molar-refractivity contribution >= 4 is 28.3 Å². The number of ketones is 1. The molecule has 6 rings (SSSR count). The lowest BCUT2D eigenvalue weighted by atomic mass is 9.93. The van der Waals surface area contributed by atoms with Crippen LogP contribution in [0.2, 0.25) is 0 Å². The maximum Gasteiger partial charge on any atom is 0.417 e. The maximum absolute atomic E-state index is 15.1. The number of methoxy groups -OCH3 is 1. The predicted octanol–water partition coefficient (Wildman–Crippen LogP) is 7.27. The maximum atomic E-state index is 15.1. The summed E-state index contributed by atoms with van der Waals surface area (Å²) in [5.74, 6) is -3.72. The third-order valence-electron chi connectivity index (χ3n) is 8.69. The third kappa shape index (κ3) is 6.66. The van der Waals surface area contributed by atoms with Crippen LogP contribution in [0.15, 0.2) is 66.9 Å². The lowest BCUT2D eigenvalue weighted by molar-refractivity contribution is -0.137. The average molecular weight is 654 g/mol. The molecule has 12 heteroatoms. The normalized spacial score (nSPS) is 18.0. The number of alkyl halides is 3. The first kappa shape index (κ1) is 32.4. The first-order chi connectivity index (χ1) is 22.5. The van der Waals surface area contributed by atoms with Gasteiger partial charge in [0.05, 0.1) is 23.7 Å². The van der Waals surface area contributed by atoms with E-state index in [1.165, 1.54) is 36.5 Å². The summed E-state index contributed by atoms with van der Waals surface area (Å²) in [6, 6.07) is 10.3. The topological polar surface area (TPSA) is 81.6 Å². The van der Waals surface area contributed by atoms with Crippen molar-refractivity contribution in [2.45, 2.75) is 50.6 Å². The number of carbonyl (C=O) groups is 2. The van der Waals surface area contributed by atoms with Crippen LogP contribution in [0, 0.1) is 11.6 Å². The lowest BCUT2D eigenvalue weighted by Crippen LogP contribution is -2.35. The summed E-state index contributed by atoms with van der Waals surface area (Å²) in [4.78, 5) is 26.1. The molecule has 1 fully saturated rings. The fourth-order valence-electron chi connectivity index (χ4n) is 6.39. The zero-order chi connectivity index (χ0) is 33.3. The molecule has 1 aliphatic carbocycles. The minimum atomic E-state index is -4.67. The van der Waals surface area contributed by atoms with Gasteiger partial charge < -0.3 is 24.7 Å². The molecule has 4 aromatic rings. The van der Waals surface area contributed by atoms with Gasteiger partial charge in [-0.1, -0.05) is 30.3 Å². The second-order valence-corrected chi connectivity index (χ2v) is 11.6. The molecule has 0 saturated heterocycles. The zero-order valence-electron chi connectivity index (χ0n) is 25.4. The second-order valence-electron chi connectivity index (χ2n) is 11.6. The molecule has 2 N–H and O–H groups in total. The average Bonchev–Trinajstić information content (AvgIpc) is 3.42. The van der Waals surface area contributed by atoms with Gasteiger partial charge in [0.1, 0.15) is 29.7 Å². The molecule has 0 atom stereocenters. The number of rotatable bonds is 8. The molecule has 1 aromatic heterocycles. The first-order valence-electron chi connectivity index (χ1n) is 15.3. The Kier molecular flexibility index (Phi) is 9.16. The molecule has 1 saturated carbocycles. The van der Waals surface area contributed by atoms with Gasteiger partial charge in [0.25, 0.3) is 0 Å². The number of amides is 1. The van der Waals surface area contributed by atoms with Gasteiger partial charge in [-0.25, -0.2) is 8.78 Å². The standard InChI is InChI=1S/C35H32F5N3O4/c1-46-22-12-10-21(11-13-22)41-14-4-9-30(44)42-32-27(36)17-20(18-28(32)37)34(45)25-19-43-15-16-47-29-8-3-7-26(35(38,39)40)31(29)24-6-2-5-23(25)33(24)43/h2-9,17-19,21-22,41H,10-16H2,1H3,(H,42,44)/b9-4+. The van der Waals surface area contributed by atoms with Crippen LogP contribution in [0.25, 0.3) is 22.0 Å². The van der Waals surface area contributed by atoms with E-state index in [0.717, 1.165) is 43.9 Å². The Labute approximate surface area is 267 Å². The Hall–Kier alpha value is -4.55. The van der Waals surface area contributed by atoms with Gasteiger partial charge in [0.15, 0.2) is 5.78 Å². The van der Waals surface area contributed by atoms with Crippen molar-refractivity contribution in [3.63, 3.8) is 0 Å². The van der Waals surface area contributed by atoms with Gasteiger partial charge in [-0.15, -0.1) is 0 Å². The number of aromatic nitrogens is 1. The number of halogens is 5. The molecule has 2 aliphatic rings. The quantitative estimate of drug-likeness (QED) is 0.119. The molecule has 0 radical (unpaired) electrons. The summed E-state index contributed by atoms with van der Waals surface area (Å²) in [5, 5.41) is 5.84. The third-order valence-corrected chi connectivity index (χ3v) is 8.69. The molecular weight excluding hydrogens is 621 g/mol. The Balaban J connectivity index is 1.22. The monoisotopic (exact) mass is 653 g/mol. The minimum absolute atomic E-state index is 0.0254. The van der Waals surface area contributed by atoms with Crippen molar-refractivity contribution in [1.82, 2.24) is 9.88 Å². The molecule has 0 bridgehead atoms. The number of nitrogens with one attached hydrogen (secondary N) is 2. The van der Waals surface area contributed by atoms with E-state index >= 15 is 8.78 Å². The SMILES string of the molecule is COC1CCC(NC/C=C/C(=O)Nc2c(F)cc(C(=O)c3cn4c5c(cccc35)-c3c(cccc3C(F)(F)F)OCC4)cc2F)CC1. The summed E-state index contributed by atoms with van der Waals surface area (Å²) < 4.78 is 85.1. The number of anilines is 1. The first-order valence-corrected chi connectivity index (χ1v) is 15.3. The van der Waals surface area contributed by atoms with Crippen molar-refractivity contribution in [1.29, 1.82) is 0 Å². The van der Waals surface area contributed by atoms with Crippen LogP contribution in [0.3, 0.4) is 0 Å². The molecule has 0 spiro atoms. The molecule has 1 amide bonds. The largest absolute Gasteiger partial charge is 0.491 e. The number of nitrogens with zero attached hydrogens (tertiary/aromatic N) is 1. The highest BCUT2D eigenvalue weighted by atomic mass is 19.4. The molecule has 3 aromatic carbocycles. The van der Waals surface area contributed by atoms with Crippen LogP contribution in [-0.4, -0.2) is 48.7 Å². The molecule has 47 heavy (non-hydrogen) atoms. The number of para-hydroxylation sites is 1. The number of carbonyl (C=O) groups excluding carboxylic acids is 2. The summed E-state index contributed by atoms with van der Waals surface area (Å²) in [6.07, 6.45) is 3.58. The highest BCUT2D eigenvalue weighted by Gasteiger charge is 2.36. The van der Waals surface area contributed by atoms with Gasteiger partial charge in [0.2, 0.25) is 5.91 Å².